The van der Waals surface area contributed by atoms with E-state index in [-0.39, 0.29) is 11.6 Å². The molecule has 0 bridgehead atoms. The minimum Gasteiger partial charge on any atom is -0.354 e. The third-order valence-electron chi connectivity index (χ3n) is 4.82. The number of halogens is 1. The van der Waals surface area contributed by atoms with Crippen LogP contribution in [0.2, 0.25) is 0 Å². The van der Waals surface area contributed by atoms with Crippen molar-refractivity contribution in [2.24, 2.45) is 0 Å². The second-order valence-corrected chi connectivity index (χ2v) is 6.58. The molecule has 0 unspecified atom stereocenters. The number of anilines is 1. The van der Waals surface area contributed by atoms with E-state index in [0.29, 0.717) is 23.1 Å². The van der Waals surface area contributed by atoms with Crippen LogP contribution in [0.1, 0.15) is 6.92 Å². The Labute approximate surface area is 151 Å². The van der Waals surface area contributed by atoms with Crippen LogP contribution >= 0.6 is 0 Å². The highest BCUT2D eigenvalue weighted by Gasteiger charge is 2.22. The summed E-state index contributed by atoms with van der Waals surface area (Å²) in [5, 5.41) is 3.88. The van der Waals surface area contributed by atoms with Gasteiger partial charge >= 0.3 is 0 Å². The summed E-state index contributed by atoms with van der Waals surface area (Å²) < 4.78 is 19.2. The Kier molecular flexibility index (Phi) is 4.38. The molecule has 0 radical (unpaired) electrons. The van der Waals surface area contributed by atoms with Crippen molar-refractivity contribution in [2.45, 2.75) is 13.0 Å². The van der Waals surface area contributed by atoms with Gasteiger partial charge in [-0.3, -0.25) is 0 Å². The van der Waals surface area contributed by atoms with E-state index in [9.17, 15) is 4.39 Å². The topological polar surface area (TPSA) is 58.3 Å². The molecule has 3 aromatic rings. The van der Waals surface area contributed by atoms with Gasteiger partial charge in [0.25, 0.3) is 5.89 Å². The van der Waals surface area contributed by atoms with Crippen molar-refractivity contribution >= 4 is 5.82 Å². The van der Waals surface area contributed by atoms with Gasteiger partial charge in [0.2, 0.25) is 5.82 Å². The van der Waals surface area contributed by atoms with E-state index in [2.05, 4.69) is 38.9 Å². The summed E-state index contributed by atoms with van der Waals surface area (Å²) in [7, 11) is 2.14. The second kappa shape index (κ2) is 6.84. The molecule has 1 saturated heterocycles. The normalized spacial score (nSPS) is 18.3. The van der Waals surface area contributed by atoms with Crippen LogP contribution in [0.25, 0.3) is 22.8 Å². The first-order valence-corrected chi connectivity index (χ1v) is 8.62. The lowest BCUT2D eigenvalue weighted by Gasteiger charge is -2.38. The number of benzene rings is 1. The molecule has 7 heteroatoms. The zero-order chi connectivity index (χ0) is 18.1. The first-order valence-electron chi connectivity index (χ1n) is 8.62. The fourth-order valence-electron chi connectivity index (χ4n) is 3.05. The molecule has 6 nitrogen and oxygen atoms in total. The van der Waals surface area contributed by atoms with E-state index in [1.807, 2.05) is 12.1 Å². The number of rotatable bonds is 3. The SMILES string of the molecule is C[C@@H]1CN(c2ccc(-c3nc(-c4ccccc4F)no3)cn2)CCN1C. The predicted octanol–water partition coefficient (Wildman–Crippen LogP) is 3.08. The third-order valence-corrected chi connectivity index (χ3v) is 4.82. The van der Waals surface area contributed by atoms with Gasteiger partial charge in [-0.25, -0.2) is 9.37 Å². The molecule has 1 atom stereocenters. The van der Waals surface area contributed by atoms with Gasteiger partial charge in [0.15, 0.2) is 0 Å². The summed E-state index contributed by atoms with van der Waals surface area (Å²) in [6.45, 7) is 5.12. The van der Waals surface area contributed by atoms with Crippen LogP contribution in [-0.2, 0) is 0 Å². The predicted molar refractivity (Wildman–Crippen MR) is 97.2 cm³/mol. The molecule has 0 aliphatic carbocycles. The lowest BCUT2D eigenvalue weighted by Crippen LogP contribution is -2.50. The van der Waals surface area contributed by atoms with Gasteiger partial charge in [-0.15, -0.1) is 0 Å². The van der Waals surface area contributed by atoms with Crippen LogP contribution in [0.3, 0.4) is 0 Å². The highest BCUT2D eigenvalue weighted by molar-refractivity contribution is 5.60. The summed E-state index contributed by atoms with van der Waals surface area (Å²) in [5.74, 6) is 1.11. The summed E-state index contributed by atoms with van der Waals surface area (Å²) in [6.07, 6.45) is 1.72. The van der Waals surface area contributed by atoms with E-state index < -0.39 is 0 Å². The van der Waals surface area contributed by atoms with Crippen molar-refractivity contribution in [1.82, 2.24) is 20.0 Å². The van der Waals surface area contributed by atoms with Crippen molar-refractivity contribution in [2.75, 3.05) is 31.6 Å². The molecule has 3 heterocycles. The van der Waals surface area contributed by atoms with Crippen molar-refractivity contribution < 1.29 is 8.91 Å². The number of likely N-dealkylation sites (N-methyl/N-ethyl adjacent to an activating group) is 1. The summed E-state index contributed by atoms with van der Waals surface area (Å²) >= 11 is 0. The van der Waals surface area contributed by atoms with Crippen molar-refractivity contribution in [3.8, 4) is 22.8 Å². The Hall–Kier alpha value is -2.80. The minimum absolute atomic E-state index is 0.232. The Morgan fingerprint density at radius 2 is 2.00 bits per heavy atom. The smallest absolute Gasteiger partial charge is 0.259 e. The summed E-state index contributed by atoms with van der Waals surface area (Å²) in [4.78, 5) is 13.5. The maximum atomic E-state index is 13.9. The standard InChI is InChI=1S/C19H20FN5O/c1-13-12-25(10-9-24(13)2)17-8-7-14(11-21-17)19-22-18(23-26-19)15-5-3-4-6-16(15)20/h3-8,11,13H,9-10,12H2,1-2H3/t13-/m1/s1. The fraction of sp³-hybridized carbons (Fsp3) is 0.316. The lowest BCUT2D eigenvalue weighted by atomic mass is 10.2. The molecule has 1 aliphatic heterocycles. The van der Waals surface area contributed by atoms with Gasteiger partial charge in [0.05, 0.1) is 11.1 Å². The average Bonchev–Trinajstić information content (AvgIpc) is 3.14. The molecule has 134 valence electrons. The van der Waals surface area contributed by atoms with E-state index in [4.69, 9.17) is 4.52 Å². The van der Waals surface area contributed by atoms with Crippen LogP contribution in [0.4, 0.5) is 10.2 Å². The molecule has 0 N–H and O–H groups in total. The molecule has 0 spiro atoms. The van der Waals surface area contributed by atoms with E-state index in [0.717, 1.165) is 25.5 Å². The number of hydrogen-bond acceptors (Lipinski definition) is 6. The monoisotopic (exact) mass is 353 g/mol. The second-order valence-electron chi connectivity index (χ2n) is 6.58. The zero-order valence-corrected chi connectivity index (χ0v) is 14.8. The summed E-state index contributed by atoms with van der Waals surface area (Å²) in [5.41, 5.74) is 1.03. The molecule has 26 heavy (non-hydrogen) atoms. The van der Waals surface area contributed by atoms with Gasteiger partial charge in [-0.1, -0.05) is 17.3 Å². The fourth-order valence-corrected chi connectivity index (χ4v) is 3.05. The van der Waals surface area contributed by atoms with E-state index in [1.165, 1.54) is 6.07 Å². The van der Waals surface area contributed by atoms with Crippen molar-refractivity contribution in [3.63, 3.8) is 0 Å². The molecule has 0 saturated carbocycles. The van der Waals surface area contributed by atoms with Crippen LogP contribution in [0.15, 0.2) is 47.1 Å². The number of pyridine rings is 1. The molecular weight excluding hydrogens is 333 g/mol. The van der Waals surface area contributed by atoms with Gasteiger partial charge in [-0.2, -0.15) is 4.98 Å². The van der Waals surface area contributed by atoms with Crippen LogP contribution in [0.5, 0.6) is 0 Å². The Morgan fingerprint density at radius 3 is 2.73 bits per heavy atom. The first kappa shape index (κ1) is 16.7. The minimum atomic E-state index is -0.377. The largest absolute Gasteiger partial charge is 0.354 e. The van der Waals surface area contributed by atoms with Gasteiger partial charge < -0.3 is 14.3 Å². The molecule has 1 aromatic carbocycles. The van der Waals surface area contributed by atoms with E-state index in [1.54, 1.807) is 24.4 Å². The zero-order valence-electron chi connectivity index (χ0n) is 14.8. The number of piperazine rings is 1. The Morgan fingerprint density at radius 1 is 1.15 bits per heavy atom. The average molecular weight is 353 g/mol. The van der Waals surface area contributed by atoms with Crippen LogP contribution < -0.4 is 4.90 Å². The van der Waals surface area contributed by atoms with Gasteiger partial charge in [0, 0.05) is 31.9 Å². The molecule has 1 aliphatic rings. The van der Waals surface area contributed by atoms with Crippen LogP contribution in [0, 0.1) is 5.82 Å². The highest BCUT2D eigenvalue weighted by Crippen LogP contribution is 2.25. The van der Waals surface area contributed by atoms with Crippen molar-refractivity contribution in [1.29, 1.82) is 0 Å². The van der Waals surface area contributed by atoms with Crippen LogP contribution in [-0.4, -0.2) is 52.7 Å². The quantitative estimate of drug-likeness (QED) is 0.721. The third kappa shape index (κ3) is 3.17. The van der Waals surface area contributed by atoms with Gasteiger partial charge in [-0.05, 0) is 38.2 Å². The molecule has 0 amide bonds. The lowest BCUT2D eigenvalue weighted by molar-refractivity contribution is 0.233. The number of aromatic nitrogens is 3. The van der Waals surface area contributed by atoms with E-state index >= 15 is 0 Å². The highest BCUT2D eigenvalue weighted by atomic mass is 19.1. The van der Waals surface area contributed by atoms with Gasteiger partial charge in [0.1, 0.15) is 11.6 Å². The molecule has 2 aromatic heterocycles. The number of nitrogens with zero attached hydrogens (tertiary/aromatic N) is 5. The molecule has 4 rings (SSSR count). The number of hydrogen-bond donors (Lipinski definition) is 0. The Bertz CT molecular complexity index is 895. The molecular formula is C19H20FN5O. The maximum absolute atomic E-state index is 13.9. The Balaban J connectivity index is 1.54. The summed E-state index contributed by atoms with van der Waals surface area (Å²) in [6, 6.07) is 10.7. The van der Waals surface area contributed by atoms with Crippen molar-refractivity contribution in [3.05, 3.63) is 48.4 Å². The first-order chi connectivity index (χ1) is 12.6. The molecule has 1 fully saturated rings. The maximum Gasteiger partial charge on any atom is 0.259 e.